The van der Waals surface area contributed by atoms with Gasteiger partial charge in [0.15, 0.2) is 0 Å². The predicted molar refractivity (Wildman–Crippen MR) is 55.7 cm³/mol. The topological polar surface area (TPSA) is 72.2 Å². The third-order valence-electron chi connectivity index (χ3n) is 1.82. The maximum atomic E-state index is 13.0. The van der Waals surface area contributed by atoms with Crippen LogP contribution in [-0.2, 0) is 0 Å². The molecular formula is C10H11FN2O3. The van der Waals surface area contributed by atoms with Crippen LogP contribution in [0.25, 0.3) is 0 Å². The van der Waals surface area contributed by atoms with E-state index in [4.69, 9.17) is 0 Å². The highest BCUT2D eigenvalue weighted by molar-refractivity contribution is 5.94. The summed E-state index contributed by atoms with van der Waals surface area (Å²) in [7, 11) is 0. The zero-order chi connectivity index (χ0) is 12.3. The molecule has 0 aliphatic rings. The molecule has 16 heavy (non-hydrogen) atoms. The van der Waals surface area contributed by atoms with Crippen LogP contribution in [0.4, 0.5) is 10.1 Å². The fraction of sp³-hybridized carbons (Fsp3) is 0.300. The van der Waals surface area contributed by atoms with Crippen LogP contribution >= 0.6 is 0 Å². The summed E-state index contributed by atoms with van der Waals surface area (Å²) in [6, 6.07) is 2.96. The van der Waals surface area contributed by atoms with Crippen LogP contribution < -0.4 is 5.32 Å². The van der Waals surface area contributed by atoms with E-state index in [0.29, 0.717) is 0 Å². The Labute approximate surface area is 91.4 Å². The lowest BCUT2D eigenvalue weighted by atomic mass is 10.1. The Hall–Kier alpha value is -1.98. The molecule has 0 aromatic heterocycles. The number of carbonyl (C=O) groups excluding carboxylic acids is 1. The number of nitrogens with zero attached hydrogens (tertiary/aromatic N) is 1. The molecular weight excluding hydrogens is 215 g/mol. The molecule has 6 heteroatoms. The van der Waals surface area contributed by atoms with E-state index in [1.165, 1.54) is 6.07 Å². The molecule has 0 aliphatic carbocycles. The van der Waals surface area contributed by atoms with Crippen LogP contribution in [-0.4, -0.2) is 16.9 Å². The third-order valence-corrected chi connectivity index (χ3v) is 1.82. The first-order valence-electron chi connectivity index (χ1n) is 4.66. The molecule has 1 aromatic carbocycles. The van der Waals surface area contributed by atoms with Crippen molar-refractivity contribution in [2.24, 2.45) is 0 Å². The van der Waals surface area contributed by atoms with Gasteiger partial charge in [-0.1, -0.05) is 0 Å². The van der Waals surface area contributed by atoms with Gasteiger partial charge in [0.1, 0.15) is 0 Å². The highest BCUT2D eigenvalue weighted by atomic mass is 19.1. The lowest BCUT2D eigenvalue weighted by molar-refractivity contribution is -0.387. The number of benzene rings is 1. The fourth-order valence-corrected chi connectivity index (χ4v) is 1.14. The van der Waals surface area contributed by atoms with E-state index in [9.17, 15) is 19.3 Å². The molecule has 0 spiro atoms. The lowest BCUT2D eigenvalue weighted by Gasteiger charge is -2.07. The monoisotopic (exact) mass is 226 g/mol. The van der Waals surface area contributed by atoms with Crippen molar-refractivity contribution < 1.29 is 14.1 Å². The van der Waals surface area contributed by atoms with E-state index >= 15 is 0 Å². The normalized spacial score (nSPS) is 10.2. The fourth-order valence-electron chi connectivity index (χ4n) is 1.14. The van der Waals surface area contributed by atoms with Crippen molar-refractivity contribution in [3.05, 3.63) is 39.7 Å². The van der Waals surface area contributed by atoms with E-state index in [1.807, 2.05) is 0 Å². The highest BCUT2D eigenvalue weighted by Gasteiger charge is 2.17. The molecule has 0 unspecified atom stereocenters. The minimum atomic E-state index is -0.953. The zero-order valence-corrected chi connectivity index (χ0v) is 8.86. The second kappa shape index (κ2) is 4.69. The van der Waals surface area contributed by atoms with Crippen molar-refractivity contribution in [1.82, 2.24) is 5.32 Å². The molecule has 0 saturated carbocycles. The summed E-state index contributed by atoms with van der Waals surface area (Å²) < 4.78 is 13.0. The van der Waals surface area contributed by atoms with Gasteiger partial charge < -0.3 is 5.32 Å². The van der Waals surface area contributed by atoms with Crippen LogP contribution in [0.5, 0.6) is 0 Å². The number of nitrogens with one attached hydrogen (secondary N) is 1. The minimum Gasteiger partial charge on any atom is -0.350 e. The Bertz CT molecular complexity index is 432. The first-order chi connectivity index (χ1) is 7.41. The Morgan fingerprint density at radius 1 is 1.50 bits per heavy atom. The molecule has 0 saturated heterocycles. The highest BCUT2D eigenvalue weighted by Crippen LogP contribution is 2.18. The van der Waals surface area contributed by atoms with E-state index in [0.717, 1.165) is 12.1 Å². The molecule has 1 aromatic rings. The van der Waals surface area contributed by atoms with Crippen molar-refractivity contribution in [2.75, 3.05) is 0 Å². The van der Waals surface area contributed by atoms with Crippen LogP contribution in [0, 0.1) is 15.9 Å². The maximum Gasteiger partial charge on any atom is 0.305 e. The number of halogens is 1. The Morgan fingerprint density at radius 2 is 2.12 bits per heavy atom. The van der Waals surface area contributed by atoms with Crippen LogP contribution in [0.1, 0.15) is 24.2 Å². The molecule has 0 aliphatic heterocycles. The summed E-state index contributed by atoms with van der Waals surface area (Å²) in [5.74, 6) is -1.41. The molecule has 86 valence electrons. The van der Waals surface area contributed by atoms with Gasteiger partial charge in [-0.3, -0.25) is 14.9 Å². The summed E-state index contributed by atoms with van der Waals surface area (Å²) in [5.41, 5.74) is -0.627. The van der Waals surface area contributed by atoms with Gasteiger partial charge in [-0.2, -0.15) is 4.39 Å². The minimum absolute atomic E-state index is 0.0711. The SMILES string of the molecule is CC(C)NC(=O)c1ccc(F)c([N+](=O)[O-])c1. The van der Waals surface area contributed by atoms with E-state index in [-0.39, 0.29) is 11.6 Å². The Kier molecular flexibility index (Phi) is 3.55. The van der Waals surface area contributed by atoms with Crippen LogP contribution in [0.3, 0.4) is 0 Å². The molecule has 1 amide bonds. The van der Waals surface area contributed by atoms with Crippen molar-refractivity contribution in [3.8, 4) is 0 Å². The van der Waals surface area contributed by atoms with Gasteiger partial charge in [0.05, 0.1) is 4.92 Å². The second-order valence-corrected chi connectivity index (χ2v) is 3.55. The molecule has 0 bridgehead atoms. The van der Waals surface area contributed by atoms with Crippen molar-refractivity contribution in [1.29, 1.82) is 0 Å². The van der Waals surface area contributed by atoms with Gasteiger partial charge in [-0.25, -0.2) is 0 Å². The van der Waals surface area contributed by atoms with E-state index < -0.39 is 22.3 Å². The third kappa shape index (κ3) is 2.75. The van der Waals surface area contributed by atoms with Crippen molar-refractivity contribution in [3.63, 3.8) is 0 Å². The standard InChI is InChI=1S/C10H11FN2O3/c1-6(2)12-10(14)7-3-4-8(11)9(5-7)13(15)16/h3-6H,1-2H3,(H,12,14). The van der Waals surface area contributed by atoms with Crippen LogP contribution in [0.2, 0.25) is 0 Å². The maximum absolute atomic E-state index is 13.0. The zero-order valence-electron chi connectivity index (χ0n) is 8.86. The predicted octanol–water partition coefficient (Wildman–Crippen LogP) is 1.87. The molecule has 1 N–H and O–H groups in total. The van der Waals surface area contributed by atoms with Crippen molar-refractivity contribution in [2.45, 2.75) is 19.9 Å². The number of hydrogen-bond donors (Lipinski definition) is 1. The van der Waals surface area contributed by atoms with Gasteiger partial charge >= 0.3 is 5.69 Å². The number of rotatable bonds is 3. The number of carbonyl (C=O) groups is 1. The van der Waals surface area contributed by atoms with Gasteiger partial charge in [-0.15, -0.1) is 0 Å². The number of amides is 1. The second-order valence-electron chi connectivity index (χ2n) is 3.55. The van der Waals surface area contributed by atoms with Crippen molar-refractivity contribution >= 4 is 11.6 Å². The summed E-state index contributed by atoms with van der Waals surface area (Å²) in [6.45, 7) is 3.52. The summed E-state index contributed by atoms with van der Waals surface area (Å²) in [4.78, 5) is 21.1. The molecule has 5 nitrogen and oxygen atoms in total. The van der Waals surface area contributed by atoms with Gasteiger partial charge in [0.2, 0.25) is 5.82 Å². The average molecular weight is 226 g/mol. The van der Waals surface area contributed by atoms with E-state index in [1.54, 1.807) is 13.8 Å². The summed E-state index contributed by atoms with van der Waals surface area (Å²) in [5, 5.41) is 13.0. The quantitative estimate of drug-likeness (QED) is 0.631. The molecule has 0 heterocycles. The smallest absolute Gasteiger partial charge is 0.305 e. The number of nitro groups is 1. The average Bonchev–Trinajstić information content (AvgIpc) is 2.16. The van der Waals surface area contributed by atoms with Gasteiger partial charge in [-0.05, 0) is 26.0 Å². The first-order valence-corrected chi connectivity index (χ1v) is 4.66. The molecule has 0 fully saturated rings. The van der Waals surface area contributed by atoms with Gasteiger partial charge in [0.25, 0.3) is 5.91 Å². The van der Waals surface area contributed by atoms with Crippen LogP contribution in [0.15, 0.2) is 18.2 Å². The lowest BCUT2D eigenvalue weighted by Crippen LogP contribution is -2.30. The Morgan fingerprint density at radius 3 is 2.62 bits per heavy atom. The van der Waals surface area contributed by atoms with E-state index in [2.05, 4.69) is 5.32 Å². The molecule has 0 radical (unpaired) electrons. The largest absolute Gasteiger partial charge is 0.350 e. The summed E-state index contributed by atoms with van der Waals surface area (Å²) >= 11 is 0. The summed E-state index contributed by atoms with van der Waals surface area (Å²) in [6.07, 6.45) is 0. The molecule has 0 atom stereocenters. The number of hydrogen-bond acceptors (Lipinski definition) is 3. The molecule has 1 rings (SSSR count). The number of nitro benzene ring substituents is 1. The Balaban J connectivity index is 3.03. The van der Waals surface area contributed by atoms with Gasteiger partial charge in [0, 0.05) is 17.7 Å². The first kappa shape index (κ1) is 12.1.